The lowest BCUT2D eigenvalue weighted by atomic mass is 9.76. The van der Waals surface area contributed by atoms with Gasteiger partial charge in [-0.2, -0.15) is 0 Å². The zero-order chi connectivity index (χ0) is 34.1. The first-order chi connectivity index (χ1) is 23.8. The highest BCUT2D eigenvalue weighted by Crippen LogP contribution is 2.45. The first kappa shape index (κ1) is 34.2. The molecule has 8 nitrogen and oxygen atoms in total. The predicted molar refractivity (Wildman–Crippen MR) is 184 cm³/mol. The van der Waals surface area contributed by atoms with Crippen LogP contribution in [-0.4, -0.2) is 60.3 Å². The van der Waals surface area contributed by atoms with Gasteiger partial charge in [0.15, 0.2) is 5.82 Å². The molecule has 2 saturated heterocycles. The largest absolute Gasteiger partial charge is 0.490 e. The summed E-state index contributed by atoms with van der Waals surface area (Å²) in [6, 6.07) is 12.7. The summed E-state index contributed by atoms with van der Waals surface area (Å²) in [5, 5.41) is 5.09. The molecule has 7 rings (SSSR count). The molecule has 1 saturated carbocycles. The smallest absolute Gasteiger partial charge is 0.228 e. The molecule has 0 spiro atoms. The lowest BCUT2D eigenvalue weighted by Crippen LogP contribution is -2.52. The van der Waals surface area contributed by atoms with Crippen molar-refractivity contribution in [1.29, 1.82) is 0 Å². The highest BCUT2D eigenvalue weighted by Gasteiger charge is 2.48. The molecule has 5 atom stereocenters. The Morgan fingerprint density at radius 1 is 1.10 bits per heavy atom. The molecule has 260 valence electrons. The first-order valence-electron chi connectivity index (χ1n) is 17.0. The van der Waals surface area contributed by atoms with Gasteiger partial charge >= 0.3 is 0 Å². The third kappa shape index (κ3) is 7.59. The van der Waals surface area contributed by atoms with Crippen molar-refractivity contribution in [2.24, 2.45) is 5.92 Å². The maximum absolute atomic E-state index is 14.6. The topological polar surface area (TPSA) is 76.2 Å². The SMILES string of the molecule is COCCCc1cc(CN(C(=O)[C@H]2[C@@H]3CC[C@@H](C[C@@H]2c2ccc(OCC4C=CN(c5c(F)ccc(F)c5Cl)O4)cc2)N3)C2CC2)c(Cl)cn1. The van der Waals surface area contributed by atoms with Crippen LogP contribution >= 0.6 is 23.2 Å². The number of carbonyl (C=O) groups excluding carboxylic acids is 1. The number of aryl methyl sites for hydroxylation is 1. The highest BCUT2D eigenvalue weighted by atomic mass is 35.5. The molecule has 1 amide bonds. The van der Waals surface area contributed by atoms with E-state index in [0.717, 1.165) is 79.0 Å². The van der Waals surface area contributed by atoms with E-state index in [1.807, 2.05) is 18.2 Å². The van der Waals surface area contributed by atoms with Crippen LogP contribution in [0.5, 0.6) is 5.75 Å². The summed E-state index contributed by atoms with van der Waals surface area (Å²) < 4.78 is 39.5. The predicted octanol–water partition coefficient (Wildman–Crippen LogP) is 7.37. The number of methoxy groups -OCH3 is 1. The van der Waals surface area contributed by atoms with E-state index < -0.39 is 17.7 Å². The van der Waals surface area contributed by atoms with Crippen LogP contribution in [0.15, 0.2) is 60.9 Å². The zero-order valence-electron chi connectivity index (χ0n) is 27.3. The highest BCUT2D eigenvalue weighted by molar-refractivity contribution is 6.33. The number of benzene rings is 2. The van der Waals surface area contributed by atoms with Gasteiger partial charge in [0.05, 0.1) is 10.9 Å². The summed E-state index contributed by atoms with van der Waals surface area (Å²) in [7, 11) is 1.69. The Bertz CT molecular complexity index is 1690. The van der Waals surface area contributed by atoms with E-state index in [1.165, 1.54) is 6.20 Å². The van der Waals surface area contributed by atoms with Crippen LogP contribution in [0.3, 0.4) is 0 Å². The normalized spacial score (nSPS) is 24.4. The second-order valence-corrected chi connectivity index (χ2v) is 14.1. The Hall–Kier alpha value is -3.28. The molecular formula is C37H40Cl2F2N4O4. The molecule has 12 heteroatoms. The molecular weight excluding hydrogens is 673 g/mol. The maximum atomic E-state index is 14.6. The van der Waals surface area contributed by atoms with Gasteiger partial charge in [0.25, 0.3) is 0 Å². The van der Waals surface area contributed by atoms with Crippen molar-refractivity contribution in [2.75, 3.05) is 25.4 Å². The summed E-state index contributed by atoms with van der Waals surface area (Å²) in [5.74, 6) is -0.723. The number of hydrogen-bond acceptors (Lipinski definition) is 7. The van der Waals surface area contributed by atoms with Gasteiger partial charge in [-0.05, 0) is 98.4 Å². The average Bonchev–Trinajstić information content (AvgIpc) is 3.73. The van der Waals surface area contributed by atoms with Crippen LogP contribution in [0, 0.1) is 17.6 Å². The number of pyridine rings is 1. The summed E-state index contributed by atoms with van der Waals surface area (Å²) in [4.78, 5) is 26.9. The Morgan fingerprint density at radius 2 is 1.90 bits per heavy atom. The monoisotopic (exact) mass is 712 g/mol. The Balaban J connectivity index is 1.02. The Morgan fingerprint density at radius 3 is 2.67 bits per heavy atom. The first-order valence-corrected chi connectivity index (χ1v) is 17.7. The number of fused-ring (bicyclic) bond motifs is 2. The fraction of sp³-hybridized carbons (Fsp3) is 0.459. The van der Waals surface area contributed by atoms with Gasteiger partial charge in [-0.3, -0.25) is 14.6 Å². The van der Waals surface area contributed by atoms with Crippen LogP contribution in [0.4, 0.5) is 14.5 Å². The van der Waals surface area contributed by atoms with Gasteiger partial charge in [-0.15, -0.1) is 0 Å². The van der Waals surface area contributed by atoms with E-state index in [-0.39, 0.29) is 47.1 Å². The number of nitrogens with one attached hydrogen (secondary N) is 1. The van der Waals surface area contributed by atoms with Crippen LogP contribution in [0.2, 0.25) is 10.0 Å². The molecule has 49 heavy (non-hydrogen) atoms. The van der Waals surface area contributed by atoms with Crippen LogP contribution in [0.1, 0.15) is 61.3 Å². The molecule has 1 N–H and O–H groups in total. The minimum absolute atomic E-state index is 0.0691. The molecule has 0 radical (unpaired) electrons. The van der Waals surface area contributed by atoms with E-state index in [1.54, 1.807) is 19.4 Å². The molecule has 3 aromatic rings. The minimum atomic E-state index is -0.734. The van der Waals surface area contributed by atoms with E-state index in [0.29, 0.717) is 30.0 Å². The minimum Gasteiger partial charge on any atom is -0.490 e. The maximum Gasteiger partial charge on any atom is 0.228 e. The van der Waals surface area contributed by atoms with Crippen molar-refractivity contribution >= 4 is 34.8 Å². The number of rotatable bonds is 13. The van der Waals surface area contributed by atoms with Gasteiger partial charge in [0.2, 0.25) is 5.91 Å². The van der Waals surface area contributed by atoms with Crippen LogP contribution < -0.4 is 15.1 Å². The number of carbonyl (C=O) groups is 1. The van der Waals surface area contributed by atoms with Crippen LogP contribution in [0.25, 0.3) is 0 Å². The van der Waals surface area contributed by atoms with E-state index in [9.17, 15) is 13.6 Å². The summed E-state index contributed by atoms with van der Waals surface area (Å²) in [6.45, 7) is 1.29. The molecule has 1 aliphatic carbocycles. The number of aromatic nitrogens is 1. The summed E-state index contributed by atoms with van der Waals surface area (Å²) in [6.07, 6.45) is 11.0. The molecule has 4 aliphatic rings. The molecule has 4 heterocycles. The van der Waals surface area contributed by atoms with Crippen molar-refractivity contribution < 1.29 is 27.9 Å². The van der Waals surface area contributed by atoms with Crippen LogP contribution in [-0.2, 0) is 27.3 Å². The zero-order valence-corrected chi connectivity index (χ0v) is 28.8. The third-order valence-electron chi connectivity index (χ3n) is 10.00. The average molecular weight is 714 g/mol. The Kier molecular flexibility index (Phi) is 10.4. The van der Waals surface area contributed by atoms with Gasteiger partial charge in [0, 0.05) is 56.5 Å². The van der Waals surface area contributed by atoms with E-state index in [4.69, 9.17) is 37.5 Å². The number of ether oxygens (including phenoxy) is 2. The van der Waals surface area contributed by atoms with E-state index in [2.05, 4.69) is 27.3 Å². The second-order valence-electron chi connectivity index (χ2n) is 13.4. The number of anilines is 1. The number of nitrogens with zero attached hydrogens (tertiary/aromatic N) is 3. The fourth-order valence-electron chi connectivity index (χ4n) is 7.39. The second kappa shape index (κ2) is 14.9. The third-order valence-corrected chi connectivity index (χ3v) is 10.7. The quantitative estimate of drug-likeness (QED) is 0.147. The summed E-state index contributed by atoms with van der Waals surface area (Å²) in [5.41, 5.74) is 2.82. The molecule has 3 fully saturated rings. The summed E-state index contributed by atoms with van der Waals surface area (Å²) >= 11 is 12.6. The van der Waals surface area contributed by atoms with Gasteiger partial charge in [-0.1, -0.05) is 35.3 Å². The van der Waals surface area contributed by atoms with Crippen molar-refractivity contribution in [3.05, 3.63) is 99.4 Å². The Labute approximate surface area is 295 Å². The molecule has 1 aromatic heterocycles. The number of piperidine rings is 1. The lowest BCUT2D eigenvalue weighted by Gasteiger charge is -2.40. The van der Waals surface area contributed by atoms with Crippen molar-refractivity contribution in [1.82, 2.24) is 15.2 Å². The number of amides is 1. The molecule has 2 aromatic carbocycles. The van der Waals surface area contributed by atoms with E-state index >= 15 is 0 Å². The standard InChI is InChI=1S/C37H40Cl2F2N4O4/c1-47-16-2-3-24-17-23(30(38)19-42-24)20-44(26-7-8-26)37(46)34-29(18-25-6-13-33(34)43-25)22-4-9-27(10-5-22)48-21-28-14-15-45(49-28)36-32(41)12-11-31(40)35(36)39/h4-5,9-12,14-15,17,19,25-26,28-29,33-34,43H,2-3,6-8,13,16,18,20-21H2,1H3/t25-,28?,29+,33-,34+/m0/s1. The number of halogens is 4. The van der Waals surface area contributed by atoms with Gasteiger partial charge < -0.3 is 19.7 Å². The fourth-order valence-corrected chi connectivity index (χ4v) is 7.79. The van der Waals surface area contributed by atoms with Gasteiger partial charge in [0.1, 0.15) is 35.0 Å². The lowest BCUT2D eigenvalue weighted by molar-refractivity contribution is -0.139. The number of hydroxylamine groups is 1. The number of hydrogen-bond donors (Lipinski definition) is 1. The van der Waals surface area contributed by atoms with Crippen molar-refractivity contribution in [3.8, 4) is 5.75 Å². The molecule has 2 bridgehead atoms. The van der Waals surface area contributed by atoms with Crippen molar-refractivity contribution in [2.45, 2.75) is 81.6 Å². The molecule has 1 unspecified atom stereocenters. The van der Waals surface area contributed by atoms with Gasteiger partial charge in [-0.25, -0.2) is 13.8 Å². The van der Waals surface area contributed by atoms with Crippen molar-refractivity contribution in [3.63, 3.8) is 0 Å². The molecule has 3 aliphatic heterocycles.